The normalized spacial score (nSPS) is 12.6. The van der Waals surface area contributed by atoms with Gasteiger partial charge in [-0.25, -0.2) is 0 Å². The van der Waals surface area contributed by atoms with Gasteiger partial charge in [0.1, 0.15) is 17.1 Å². The van der Waals surface area contributed by atoms with Crippen LogP contribution >= 0.6 is 0 Å². The lowest BCUT2D eigenvalue weighted by Crippen LogP contribution is -2.11. The van der Waals surface area contributed by atoms with Crippen molar-refractivity contribution in [2.24, 2.45) is 0 Å². The Bertz CT molecular complexity index is 610. The van der Waals surface area contributed by atoms with Gasteiger partial charge in [0.2, 0.25) is 0 Å². The van der Waals surface area contributed by atoms with Gasteiger partial charge in [0.05, 0.1) is 11.3 Å². The molecule has 3 nitrogen and oxygen atoms in total. The number of carbonyl (C=O) groups is 1. The SMILES string of the molecule is CCC(C(C)=O)c1cc(=O)c2ccccc2o1. The van der Waals surface area contributed by atoms with Crippen molar-refractivity contribution in [3.63, 3.8) is 0 Å². The van der Waals surface area contributed by atoms with Crippen LogP contribution in [0.2, 0.25) is 0 Å². The number of hydrogen-bond donors (Lipinski definition) is 0. The van der Waals surface area contributed by atoms with Gasteiger partial charge in [-0.2, -0.15) is 0 Å². The Hall–Kier alpha value is -1.90. The highest BCUT2D eigenvalue weighted by Gasteiger charge is 2.18. The first-order valence-corrected chi connectivity index (χ1v) is 5.66. The van der Waals surface area contributed by atoms with Crippen LogP contribution in [-0.4, -0.2) is 5.78 Å². The second-order valence-electron chi connectivity index (χ2n) is 4.08. The van der Waals surface area contributed by atoms with E-state index in [9.17, 15) is 9.59 Å². The van der Waals surface area contributed by atoms with Crippen LogP contribution in [0.3, 0.4) is 0 Å². The molecule has 0 radical (unpaired) electrons. The standard InChI is InChI=1S/C14H14O3/c1-3-10(9(2)15)14-8-12(16)11-6-4-5-7-13(11)17-14/h4-8,10H,3H2,1-2H3. The Balaban J connectivity index is 2.64. The van der Waals surface area contributed by atoms with E-state index in [2.05, 4.69) is 0 Å². The van der Waals surface area contributed by atoms with Gasteiger partial charge in [0, 0.05) is 6.07 Å². The molecule has 17 heavy (non-hydrogen) atoms. The average Bonchev–Trinajstić information content (AvgIpc) is 2.29. The summed E-state index contributed by atoms with van der Waals surface area (Å²) in [5, 5.41) is 0.551. The number of carbonyl (C=O) groups excluding carboxylic acids is 1. The average molecular weight is 230 g/mol. The third kappa shape index (κ3) is 2.13. The summed E-state index contributed by atoms with van der Waals surface area (Å²) in [6.45, 7) is 3.42. The second kappa shape index (κ2) is 4.53. The number of hydrogen-bond acceptors (Lipinski definition) is 3. The third-order valence-electron chi connectivity index (χ3n) is 2.90. The second-order valence-corrected chi connectivity index (χ2v) is 4.08. The number of Topliss-reactive ketones (excluding diaryl/α,β-unsaturated/α-hetero) is 1. The minimum atomic E-state index is -0.327. The van der Waals surface area contributed by atoms with Crippen LogP contribution < -0.4 is 5.43 Å². The fourth-order valence-corrected chi connectivity index (χ4v) is 1.98. The molecule has 0 saturated heterocycles. The Labute approximate surface area is 99.1 Å². The van der Waals surface area contributed by atoms with Crippen molar-refractivity contribution in [1.29, 1.82) is 0 Å². The fourth-order valence-electron chi connectivity index (χ4n) is 1.98. The number of ketones is 1. The Morgan fingerprint density at radius 3 is 2.71 bits per heavy atom. The molecular weight excluding hydrogens is 216 g/mol. The van der Waals surface area contributed by atoms with Crippen LogP contribution in [0.25, 0.3) is 11.0 Å². The minimum absolute atomic E-state index is 0.0194. The van der Waals surface area contributed by atoms with Crippen LogP contribution in [0.1, 0.15) is 31.9 Å². The molecule has 2 rings (SSSR count). The molecule has 0 aliphatic heterocycles. The molecule has 1 atom stereocenters. The van der Waals surface area contributed by atoms with Gasteiger partial charge in [0.15, 0.2) is 5.43 Å². The molecule has 0 fully saturated rings. The van der Waals surface area contributed by atoms with Gasteiger partial charge >= 0.3 is 0 Å². The summed E-state index contributed by atoms with van der Waals surface area (Å²) in [5.74, 6) is 0.155. The molecular formula is C14H14O3. The summed E-state index contributed by atoms with van der Waals surface area (Å²) >= 11 is 0. The number of benzene rings is 1. The van der Waals surface area contributed by atoms with Gasteiger partial charge in [-0.05, 0) is 25.5 Å². The van der Waals surface area contributed by atoms with Gasteiger partial charge in [-0.3, -0.25) is 9.59 Å². The molecule has 3 heteroatoms. The zero-order chi connectivity index (χ0) is 12.4. The smallest absolute Gasteiger partial charge is 0.192 e. The van der Waals surface area contributed by atoms with E-state index in [1.165, 1.54) is 13.0 Å². The minimum Gasteiger partial charge on any atom is -0.460 e. The lowest BCUT2D eigenvalue weighted by atomic mass is 9.98. The van der Waals surface area contributed by atoms with Crippen molar-refractivity contribution in [2.45, 2.75) is 26.2 Å². The maximum Gasteiger partial charge on any atom is 0.192 e. The molecule has 0 N–H and O–H groups in total. The van der Waals surface area contributed by atoms with Crippen LogP contribution in [0.15, 0.2) is 39.5 Å². The van der Waals surface area contributed by atoms with E-state index >= 15 is 0 Å². The van der Waals surface area contributed by atoms with Crippen molar-refractivity contribution in [1.82, 2.24) is 0 Å². The molecule has 0 aliphatic rings. The predicted octanol–water partition coefficient (Wildman–Crippen LogP) is 2.88. The molecule has 88 valence electrons. The highest BCUT2D eigenvalue weighted by Crippen LogP contribution is 2.22. The first-order valence-electron chi connectivity index (χ1n) is 5.66. The lowest BCUT2D eigenvalue weighted by molar-refractivity contribution is -0.118. The van der Waals surface area contributed by atoms with E-state index in [0.29, 0.717) is 23.2 Å². The molecule has 1 aromatic heterocycles. The molecule has 1 heterocycles. The van der Waals surface area contributed by atoms with E-state index in [0.717, 1.165) is 0 Å². The number of fused-ring (bicyclic) bond motifs is 1. The van der Waals surface area contributed by atoms with E-state index in [1.807, 2.05) is 13.0 Å². The third-order valence-corrected chi connectivity index (χ3v) is 2.90. The van der Waals surface area contributed by atoms with Gasteiger partial charge < -0.3 is 4.42 Å². The van der Waals surface area contributed by atoms with Crippen LogP contribution in [-0.2, 0) is 4.79 Å². The molecule has 2 aromatic rings. The molecule has 0 amide bonds. The van der Waals surface area contributed by atoms with Gasteiger partial charge in [-0.15, -0.1) is 0 Å². The maximum atomic E-state index is 11.9. The van der Waals surface area contributed by atoms with Crippen molar-refractivity contribution in [3.8, 4) is 0 Å². The van der Waals surface area contributed by atoms with E-state index in [-0.39, 0.29) is 17.1 Å². The largest absolute Gasteiger partial charge is 0.460 e. The Morgan fingerprint density at radius 2 is 2.06 bits per heavy atom. The molecule has 0 spiro atoms. The molecule has 1 aromatic carbocycles. The van der Waals surface area contributed by atoms with E-state index in [1.54, 1.807) is 18.2 Å². The highest BCUT2D eigenvalue weighted by molar-refractivity contribution is 5.83. The zero-order valence-corrected chi connectivity index (χ0v) is 9.90. The monoisotopic (exact) mass is 230 g/mol. The first kappa shape index (κ1) is 11.6. The number of rotatable bonds is 3. The molecule has 0 bridgehead atoms. The summed E-state index contributed by atoms with van der Waals surface area (Å²) in [5.41, 5.74) is 0.441. The van der Waals surface area contributed by atoms with Gasteiger partial charge in [0.25, 0.3) is 0 Å². The Morgan fingerprint density at radius 1 is 1.35 bits per heavy atom. The molecule has 1 unspecified atom stereocenters. The van der Waals surface area contributed by atoms with E-state index < -0.39 is 0 Å². The van der Waals surface area contributed by atoms with E-state index in [4.69, 9.17) is 4.42 Å². The van der Waals surface area contributed by atoms with Crippen molar-refractivity contribution < 1.29 is 9.21 Å². The summed E-state index contributed by atoms with van der Waals surface area (Å²) in [6, 6.07) is 8.50. The van der Waals surface area contributed by atoms with Crippen molar-refractivity contribution in [3.05, 3.63) is 46.3 Å². The van der Waals surface area contributed by atoms with Gasteiger partial charge in [-0.1, -0.05) is 19.1 Å². The quantitative estimate of drug-likeness (QED) is 0.814. The summed E-state index contributed by atoms with van der Waals surface area (Å²) in [6.07, 6.45) is 0.636. The number of para-hydroxylation sites is 1. The topological polar surface area (TPSA) is 47.3 Å². The maximum absolute atomic E-state index is 11.9. The van der Waals surface area contributed by atoms with Crippen LogP contribution in [0, 0.1) is 0 Å². The summed E-state index contributed by atoms with van der Waals surface area (Å²) in [7, 11) is 0. The summed E-state index contributed by atoms with van der Waals surface area (Å²) < 4.78 is 5.64. The zero-order valence-electron chi connectivity index (χ0n) is 9.90. The highest BCUT2D eigenvalue weighted by atomic mass is 16.3. The van der Waals surface area contributed by atoms with Crippen LogP contribution in [0.5, 0.6) is 0 Å². The Kier molecular flexibility index (Phi) is 3.09. The predicted molar refractivity (Wildman–Crippen MR) is 66.2 cm³/mol. The summed E-state index contributed by atoms with van der Waals surface area (Å²) in [4.78, 5) is 23.3. The van der Waals surface area contributed by atoms with Crippen LogP contribution in [0.4, 0.5) is 0 Å². The lowest BCUT2D eigenvalue weighted by Gasteiger charge is -2.10. The van der Waals surface area contributed by atoms with Crippen molar-refractivity contribution in [2.75, 3.05) is 0 Å². The molecule has 0 saturated carbocycles. The van der Waals surface area contributed by atoms with Crippen molar-refractivity contribution >= 4 is 16.8 Å². The first-order chi connectivity index (χ1) is 8.13. The molecule has 0 aliphatic carbocycles. The fraction of sp³-hybridized carbons (Fsp3) is 0.286.